The first-order valence-corrected chi connectivity index (χ1v) is 11.5. The Morgan fingerprint density at radius 3 is 2.71 bits per heavy atom. The van der Waals surface area contributed by atoms with Crippen LogP contribution in [0.4, 0.5) is 10.1 Å². The first-order chi connectivity index (χ1) is 14.6. The van der Waals surface area contributed by atoms with Crippen LogP contribution in [0.1, 0.15) is 24.1 Å². The van der Waals surface area contributed by atoms with Crippen molar-refractivity contribution in [3.05, 3.63) is 68.5 Å². The second kappa shape index (κ2) is 9.58. The highest BCUT2D eigenvalue weighted by atomic mass is 35.5. The molecule has 31 heavy (non-hydrogen) atoms. The topological polar surface area (TPSA) is 102 Å². The largest absolute Gasteiger partial charge is 0.376 e. The van der Waals surface area contributed by atoms with Gasteiger partial charge in [-0.25, -0.2) is 17.5 Å². The van der Waals surface area contributed by atoms with Crippen LogP contribution in [0.3, 0.4) is 0 Å². The molecule has 2 atom stereocenters. The Balaban J connectivity index is 1.94. The summed E-state index contributed by atoms with van der Waals surface area (Å²) in [5.74, 6) is -0.539. The molecule has 2 unspecified atom stereocenters. The number of hydrogen-bond donors (Lipinski definition) is 1. The van der Waals surface area contributed by atoms with E-state index in [0.29, 0.717) is 19.7 Å². The predicted octanol–water partition coefficient (Wildman–Crippen LogP) is 3.44. The molecule has 11 heteroatoms. The number of nitrogens with one attached hydrogen (secondary N) is 1. The fourth-order valence-electron chi connectivity index (χ4n) is 3.73. The number of ether oxygens (including phenoxy) is 1. The summed E-state index contributed by atoms with van der Waals surface area (Å²) in [6, 6.07) is 7.48. The lowest BCUT2D eigenvalue weighted by Crippen LogP contribution is -2.47. The number of benzene rings is 2. The number of sulfonamides is 1. The molecule has 1 N–H and O–H groups in total. The van der Waals surface area contributed by atoms with Gasteiger partial charge in [0, 0.05) is 41.9 Å². The Kier molecular flexibility index (Phi) is 7.28. The lowest BCUT2D eigenvalue weighted by molar-refractivity contribution is -0.385. The van der Waals surface area contributed by atoms with Crippen LogP contribution in [-0.2, 0) is 14.8 Å². The van der Waals surface area contributed by atoms with Gasteiger partial charge in [-0.05, 0) is 32.0 Å². The standard InChI is InChI=1S/C20H23ClFN3O5S/c1-13-12-24(9-10-30-13)18(20-15(21)5-3-6-16(20)22)11-23-31(28,29)19-8-4-7-17(14(19)2)25(26)27/h3-8,13,18,23H,9-12H2,1-2H3. The molecule has 0 aromatic heterocycles. The highest BCUT2D eigenvalue weighted by molar-refractivity contribution is 7.89. The van der Waals surface area contributed by atoms with Gasteiger partial charge in [0.1, 0.15) is 5.82 Å². The van der Waals surface area contributed by atoms with Gasteiger partial charge in [-0.1, -0.05) is 23.7 Å². The van der Waals surface area contributed by atoms with Crippen LogP contribution in [-0.4, -0.2) is 50.6 Å². The molecule has 1 heterocycles. The molecule has 0 amide bonds. The maximum atomic E-state index is 14.7. The van der Waals surface area contributed by atoms with E-state index >= 15 is 0 Å². The van der Waals surface area contributed by atoms with E-state index in [-0.39, 0.29) is 39.4 Å². The fourth-order valence-corrected chi connectivity index (χ4v) is 5.32. The summed E-state index contributed by atoms with van der Waals surface area (Å²) in [7, 11) is -4.11. The van der Waals surface area contributed by atoms with Crippen LogP contribution in [0.15, 0.2) is 41.3 Å². The lowest BCUT2D eigenvalue weighted by atomic mass is 10.0. The Hall–Kier alpha value is -2.11. The van der Waals surface area contributed by atoms with Crippen LogP contribution in [0.2, 0.25) is 5.02 Å². The summed E-state index contributed by atoms with van der Waals surface area (Å²) >= 11 is 6.28. The summed E-state index contributed by atoms with van der Waals surface area (Å²) < 4.78 is 48.7. The molecule has 3 rings (SSSR count). The van der Waals surface area contributed by atoms with Crippen molar-refractivity contribution in [1.82, 2.24) is 9.62 Å². The van der Waals surface area contributed by atoms with E-state index in [0.717, 1.165) is 0 Å². The molecule has 1 saturated heterocycles. The molecule has 0 bridgehead atoms. The number of rotatable bonds is 7. The van der Waals surface area contributed by atoms with Crippen molar-refractivity contribution in [3.63, 3.8) is 0 Å². The lowest BCUT2D eigenvalue weighted by Gasteiger charge is -2.38. The van der Waals surface area contributed by atoms with Crippen molar-refractivity contribution < 1.29 is 22.5 Å². The minimum absolute atomic E-state index is 0.0282. The zero-order chi connectivity index (χ0) is 22.8. The molecule has 0 aliphatic carbocycles. The number of morpholine rings is 1. The van der Waals surface area contributed by atoms with E-state index in [4.69, 9.17) is 16.3 Å². The number of nitrogens with zero attached hydrogens (tertiary/aromatic N) is 2. The Labute approximate surface area is 185 Å². The van der Waals surface area contributed by atoms with Gasteiger partial charge >= 0.3 is 0 Å². The van der Waals surface area contributed by atoms with Crippen molar-refractivity contribution in [1.29, 1.82) is 0 Å². The van der Waals surface area contributed by atoms with E-state index in [9.17, 15) is 22.9 Å². The molecule has 0 radical (unpaired) electrons. The monoisotopic (exact) mass is 471 g/mol. The van der Waals surface area contributed by atoms with Gasteiger partial charge in [0.2, 0.25) is 10.0 Å². The zero-order valence-electron chi connectivity index (χ0n) is 17.0. The number of nitro benzene ring substituents is 1. The first-order valence-electron chi connectivity index (χ1n) is 9.65. The molecule has 0 spiro atoms. The molecule has 0 saturated carbocycles. The maximum Gasteiger partial charge on any atom is 0.273 e. The van der Waals surface area contributed by atoms with Gasteiger partial charge in [0.25, 0.3) is 5.69 Å². The molecule has 8 nitrogen and oxygen atoms in total. The number of halogens is 2. The second-order valence-corrected chi connectivity index (χ2v) is 9.48. The van der Waals surface area contributed by atoms with Gasteiger partial charge in [-0.2, -0.15) is 0 Å². The van der Waals surface area contributed by atoms with Gasteiger partial charge in [0.15, 0.2) is 0 Å². The Bertz CT molecular complexity index is 1060. The first kappa shape index (κ1) is 23.6. The number of hydrogen-bond acceptors (Lipinski definition) is 6. The van der Waals surface area contributed by atoms with Crippen LogP contribution in [0.5, 0.6) is 0 Å². The van der Waals surface area contributed by atoms with E-state index in [1.807, 2.05) is 11.8 Å². The average molecular weight is 472 g/mol. The minimum Gasteiger partial charge on any atom is -0.376 e. The molecule has 168 valence electrons. The quantitative estimate of drug-likeness (QED) is 0.490. The summed E-state index contributed by atoms with van der Waals surface area (Å²) in [5.41, 5.74) is -0.0734. The van der Waals surface area contributed by atoms with Crippen molar-refractivity contribution in [3.8, 4) is 0 Å². The molecule has 2 aromatic rings. The smallest absolute Gasteiger partial charge is 0.273 e. The van der Waals surface area contributed by atoms with Crippen molar-refractivity contribution in [2.24, 2.45) is 0 Å². The predicted molar refractivity (Wildman–Crippen MR) is 114 cm³/mol. The van der Waals surface area contributed by atoms with Crippen molar-refractivity contribution >= 4 is 27.3 Å². The molecule has 1 fully saturated rings. The highest BCUT2D eigenvalue weighted by Crippen LogP contribution is 2.32. The summed E-state index contributed by atoms with van der Waals surface area (Å²) in [5, 5.41) is 11.4. The Morgan fingerprint density at radius 1 is 1.35 bits per heavy atom. The van der Waals surface area contributed by atoms with E-state index < -0.39 is 26.8 Å². The Morgan fingerprint density at radius 2 is 2.06 bits per heavy atom. The van der Waals surface area contributed by atoms with Gasteiger partial charge in [-0.15, -0.1) is 0 Å². The van der Waals surface area contributed by atoms with Crippen LogP contribution in [0.25, 0.3) is 0 Å². The average Bonchev–Trinajstić information content (AvgIpc) is 2.70. The SMILES string of the molecule is Cc1c([N+](=O)[O-])cccc1S(=O)(=O)NCC(c1c(F)cccc1Cl)N1CCOC(C)C1. The zero-order valence-corrected chi connectivity index (χ0v) is 18.6. The van der Waals surface area contributed by atoms with E-state index in [1.165, 1.54) is 37.3 Å². The normalized spacial score (nSPS) is 18.6. The third-order valence-electron chi connectivity index (χ3n) is 5.25. The van der Waals surface area contributed by atoms with Gasteiger partial charge < -0.3 is 4.74 Å². The third-order valence-corrected chi connectivity index (χ3v) is 7.15. The van der Waals surface area contributed by atoms with E-state index in [1.54, 1.807) is 6.07 Å². The van der Waals surface area contributed by atoms with Gasteiger partial charge in [-0.3, -0.25) is 15.0 Å². The molecular formula is C20H23ClFN3O5S. The van der Waals surface area contributed by atoms with Crippen LogP contribution >= 0.6 is 11.6 Å². The van der Waals surface area contributed by atoms with Crippen molar-refractivity contribution in [2.75, 3.05) is 26.2 Å². The van der Waals surface area contributed by atoms with E-state index in [2.05, 4.69) is 4.72 Å². The molecule has 1 aliphatic heterocycles. The molecule has 1 aliphatic rings. The fraction of sp³-hybridized carbons (Fsp3) is 0.400. The second-order valence-electron chi connectivity index (χ2n) is 7.34. The van der Waals surface area contributed by atoms with Crippen molar-refractivity contribution in [2.45, 2.75) is 30.9 Å². The van der Waals surface area contributed by atoms with Crippen LogP contribution < -0.4 is 4.72 Å². The summed E-state index contributed by atoms with van der Waals surface area (Å²) in [6.45, 7) is 4.44. The third kappa shape index (κ3) is 5.21. The summed E-state index contributed by atoms with van der Waals surface area (Å²) in [6.07, 6.45) is -0.113. The molecular weight excluding hydrogens is 449 g/mol. The minimum atomic E-state index is -4.11. The number of nitro groups is 1. The maximum absolute atomic E-state index is 14.7. The van der Waals surface area contributed by atoms with Gasteiger partial charge in [0.05, 0.1) is 28.6 Å². The highest BCUT2D eigenvalue weighted by Gasteiger charge is 2.31. The molecule has 2 aromatic carbocycles. The summed E-state index contributed by atoms with van der Waals surface area (Å²) in [4.78, 5) is 12.3. The van der Waals surface area contributed by atoms with Crippen LogP contribution in [0, 0.1) is 22.9 Å².